The standard InChI is InChI=1S/C14H19N3O2/c1-11(2)18-13-6-4-3-5-12(13)9-15-8-7-14-16-10-17-19-14/h3-6,10-11,15H,7-9H2,1-2H3. The maximum atomic E-state index is 5.77. The molecule has 0 radical (unpaired) electrons. The molecule has 1 N–H and O–H groups in total. The van der Waals surface area contributed by atoms with Crippen LogP contribution < -0.4 is 10.1 Å². The molecule has 0 unspecified atom stereocenters. The molecule has 0 aliphatic heterocycles. The third-order valence-corrected chi connectivity index (χ3v) is 2.57. The van der Waals surface area contributed by atoms with Crippen LogP contribution in [0.5, 0.6) is 5.75 Å². The van der Waals surface area contributed by atoms with E-state index >= 15 is 0 Å². The Morgan fingerprint density at radius 1 is 1.32 bits per heavy atom. The maximum absolute atomic E-state index is 5.77. The number of aromatic nitrogens is 2. The Bertz CT molecular complexity index is 483. The molecule has 2 rings (SSSR count). The first-order valence-electron chi connectivity index (χ1n) is 6.46. The van der Waals surface area contributed by atoms with E-state index in [1.54, 1.807) is 0 Å². The fraction of sp³-hybridized carbons (Fsp3) is 0.429. The van der Waals surface area contributed by atoms with E-state index in [4.69, 9.17) is 9.26 Å². The van der Waals surface area contributed by atoms with Crippen molar-refractivity contribution >= 4 is 0 Å². The van der Waals surface area contributed by atoms with E-state index in [2.05, 4.69) is 21.5 Å². The molecule has 5 nitrogen and oxygen atoms in total. The molecule has 0 fully saturated rings. The van der Waals surface area contributed by atoms with Crippen molar-refractivity contribution in [2.24, 2.45) is 0 Å². The van der Waals surface area contributed by atoms with E-state index in [9.17, 15) is 0 Å². The van der Waals surface area contributed by atoms with Gasteiger partial charge in [-0.25, -0.2) is 0 Å². The quantitative estimate of drug-likeness (QED) is 0.774. The third kappa shape index (κ3) is 4.37. The first-order valence-corrected chi connectivity index (χ1v) is 6.46. The smallest absolute Gasteiger partial charge is 0.227 e. The van der Waals surface area contributed by atoms with Crippen molar-refractivity contribution in [3.63, 3.8) is 0 Å². The molecule has 0 bridgehead atoms. The Hall–Kier alpha value is -1.88. The van der Waals surface area contributed by atoms with E-state index < -0.39 is 0 Å². The summed E-state index contributed by atoms with van der Waals surface area (Å²) in [6.45, 7) is 5.61. The van der Waals surface area contributed by atoms with Crippen LogP contribution in [0.15, 0.2) is 35.1 Å². The van der Waals surface area contributed by atoms with Gasteiger partial charge in [0, 0.05) is 25.1 Å². The van der Waals surface area contributed by atoms with Crippen molar-refractivity contribution in [3.8, 4) is 5.75 Å². The lowest BCUT2D eigenvalue weighted by molar-refractivity contribution is 0.239. The largest absolute Gasteiger partial charge is 0.491 e. The van der Waals surface area contributed by atoms with Gasteiger partial charge in [0.25, 0.3) is 0 Å². The number of hydrogen-bond donors (Lipinski definition) is 1. The van der Waals surface area contributed by atoms with Gasteiger partial charge in [-0.2, -0.15) is 4.98 Å². The van der Waals surface area contributed by atoms with Crippen molar-refractivity contribution in [1.29, 1.82) is 0 Å². The zero-order valence-electron chi connectivity index (χ0n) is 11.3. The first kappa shape index (κ1) is 13.5. The number of ether oxygens (including phenoxy) is 1. The normalized spacial score (nSPS) is 10.9. The fourth-order valence-corrected chi connectivity index (χ4v) is 1.74. The summed E-state index contributed by atoms with van der Waals surface area (Å²) >= 11 is 0. The van der Waals surface area contributed by atoms with E-state index in [1.807, 2.05) is 32.0 Å². The molecule has 0 saturated carbocycles. The molecule has 0 saturated heterocycles. The van der Waals surface area contributed by atoms with Gasteiger partial charge >= 0.3 is 0 Å². The van der Waals surface area contributed by atoms with Crippen molar-refractivity contribution < 1.29 is 9.26 Å². The number of hydrogen-bond acceptors (Lipinski definition) is 5. The van der Waals surface area contributed by atoms with Gasteiger partial charge in [0.05, 0.1) is 6.10 Å². The summed E-state index contributed by atoms with van der Waals surface area (Å²) in [7, 11) is 0. The molecule has 1 aromatic heterocycles. The van der Waals surface area contributed by atoms with Gasteiger partial charge < -0.3 is 14.6 Å². The second-order valence-electron chi connectivity index (χ2n) is 4.54. The van der Waals surface area contributed by atoms with Gasteiger partial charge in [-0.05, 0) is 19.9 Å². The van der Waals surface area contributed by atoms with Gasteiger partial charge in [-0.1, -0.05) is 23.4 Å². The van der Waals surface area contributed by atoms with Crippen LogP contribution in [-0.4, -0.2) is 22.8 Å². The lowest BCUT2D eigenvalue weighted by Crippen LogP contribution is -2.18. The number of nitrogens with one attached hydrogen (secondary N) is 1. The van der Waals surface area contributed by atoms with Crippen LogP contribution in [0.25, 0.3) is 0 Å². The molecule has 1 aromatic carbocycles. The Morgan fingerprint density at radius 2 is 2.16 bits per heavy atom. The SMILES string of the molecule is CC(C)Oc1ccccc1CNCCc1ncno1. The highest BCUT2D eigenvalue weighted by Crippen LogP contribution is 2.18. The van der Waals surface area contributed by atoms with Gasteiger partial charge in [0.2, 0.25) is 5.89 Å². The summed E-state index contributed by atoms with van der Waals surface area (Å²) in [6.07, 6.45) is 2.33. The van der Waals surface area contributed by atoms with Crippen LogP contribution in [0, 0.1) is 0 Å². The molecule has 0 aliphatic carbocycles. The molecule has 0 atom stereocenters. The zero-order valence-corrected chi connectivity index (χ0v) is 11.3. The minimum absolute atomic E-state index is 0.180. The van der Waals surface area contributed by atoms with Gasteiger partial charge in [-0.15, -0.1) is 0 Å². The average Bonchev–Trinajstić information content (AvgIpc) is 2.89. The Labute approximate surface area is 113 Å². The van der Waals surface area contributed by atoms with E-state index in [0.29, 0.717) is 5.89 Å². The minimum Gasteiger partial charge on any atom is -0.491 e. The molecule has 19 heavy (non-hydrogen) atoms. The highest BCUT2D eigenvalue weighted by Gasteiger charge is 2.05. The Balaban J connectivity index is 1.82. The molecular weight excluding hydrogens is 242 g/mol. The monoisotopic (exact) mass is 261 g/mol. The fourth-order valence-electron chi connectivity index (χ4n) is 1.74. The number of benzene rings is 1. The summed E-state index contributed by atoms with van der Waals surface area (Å²) in [4.78, 5) is 3.98. The summed E-state index contributed by atoms with van der Waals surface area (Å²) in [5.41, 5.74) is 1.15. The second-order valence-corrected chi connectivity index (χ2v) is 4.54. The van der Waals surface area contributed by atoms with E-state index in [0.717, 1.165) is 30.8 Å². The molecule has 5 heteroatoms. The predicted octanol–water partition coefficient (Wildman–Crippen LogP) is 2.19. The van der Waals surface area contributed by atoms with Gasteiger partial charge in [0.15, 0.2) is 6.33 Å². The topological polar surface area (TPSA) is 60.2 Å². The van der Waals surface area contributed by atoms with Crippen molar-refractivity contribution in [1.82, 2.24) is 15.5 Å². The van der Waals surface area contributed by atoms with Crippen molar-refractivity contribution in [3.05, 3.63) is 42.0 Å². The minimum atomic E-state index is 0.180. The molecule has 1 heterocycles. The molecule has 0 aliphatic rings. The summed E-state index contributed by atoms with van der Waals surface area (Å²) in [5, 5.41) is 6.92. The zero-order chi connectivity index (χ0) is 13.5. The Kier molecular flexibility index (Phi) is 4.92. The number of nitrogens with zero attached hydrogens (tertiary/aromatic N) is 2. The Morgan fingerprint density at radius 3 is 2.89 bits per heavy atom. The highest BCUT2D eigenvalue weighted by molar-refractivity contribution is 5.33. The molecule has 0 spiro atoms. The molecule has 102 valence electrons. The van der Waals surface area contributed by atoms with E-state index in [-0.39, 0.29) is 6.10 Å². The summed E-state index contributed by atoms with van der Waals surface area (Å²) < 4.78 is 10.7. The third-order valence-electron chi connectivity index (χ3n) is 2.57. The van der Waals surface area contributed by atoms with Crippen LogP contribution in [0.1, 0.15) is 25.3 Å². The van der Waals surface area contributed by atoms with Gasteiger partial charge in [0.1, 0.15) is 5.75 Å². The lowest BCUT2D eigenvalue weighted by Gasteiger charge is -2.14. The van der Waals surface area contributed by atoms with Crippen molar-refractivity contribution in [2.45, 2.75) is 32.9 Å². The highest BCUT2D eigenvalue weighted by atomic mass is 16.5. The average molecular weight is 261 g/mol. The van der Waals surface area contributed by atoms with Crippen LogP contribution in [0.2, 0.25) is 0 Å². The molecular formula is C14H19N3O2. The van der Waals surface area contributed by atoms with Crippen LogP contribution in [0.3, 0.4) is 0 Å². The number of para-hydroxylation sites is 1. The summed E-state index contributed by atoms with van der Waals surface area (Å²) in [5.74, 6) is 1.59. The van der Waals surface area contributed by atoms with Crippen LogP contribution in [0.4, 0.5) is 0 Å². The molecule has 0 amide bonds. The maximum Gasteiger partial charge on any atom is 0.227 e. The second kappa shape index (κ2) is 6.89. The van der Waals surface area contributed by atoms with Crippen molar-refractivity contribution in [2.75, 3.05) is 6.54 Å². The first-order chi connectivity index (χ1) is 9.25. The molecule has 2 aromatic rings. The lowest BCUT2D eigenvalue weighted by atomic mass is 10.2. The number of rotatable bonds is 7. The summed E-state index contributed by atoms with van der Waals surface area (Å²) in [6, 6.07) is 8.06. The van der Waals surface area contributed by atoms with Crippen LogP contribution >= 0.6 is 0 Å². The van der Waals surface area contributed by atoms with Gasteiger partial charge in [-0.3, -0.25) is 0 Å². The van der Waals surface area contributed by atoms with E-state index in [1.165, 1.54) is 6.33 Å². The van der Waals surface area contributed by atoms with Crippen LogP contribution in [-0.2, 0) is 13.0 Å². The predicted molar refractivity (Wildman–Crippen MR) is 71.9 cm³/mol.